The number of hydrogen-bond acceptors (Lipinski definition) is 6. The summed E-state index contributed by atoms with van der Waals surface area (Å²) < 4.78 is 1.92. The summed E-state index contributed by atoms with van der Waals surface area (Å²) in [4.78, 5) is 16.6. The smallest absolute Gasteiger partial charge is 0.238 e. The predicted octanol–water partition coefficient (Wildman–Crippen LogP) is 4.76. The van der Waals surface area contributed by atoms with Crippen LogP contribution in [0.2, 0.25) is 0 Å². The van der Waals surface area contributed by atoms with Gasteiger partial charge in [-0.2, -0.15) is 0 Å². The third kappa shape index (κ3) is 3.86. The van der Waals surface area contributed by atoms with Gasteiger partial charge in [0.15, 0.2) is 0 Å². The number of aromatic nitrogens is 4. The van der Waals surface area contributed by atoms with Crippen LogP contribution < -0.4 is 4.90 Å². The van der Waals surface area contributed by atoms with E-state index in [1.54, 1.807) is 0 Å². The number of hydrogen-bond donors (Lipinski definition) is 0. The Hall–Kier alpha value is -2.32. The largest absolute Gasteiger partial charge is 0.302 e. The molecule has 2 aliphatic rings. The first-order valence-electron chi connectivity index (χ1n) is 10.3. The monoisotopic (exact) mass is 437 g/mol. The fourth-order valence-electron chi connectivity index (χ4n) is 4.27. The quantitative estimate of drug-likeness (QED) is 0.536. The zero-order valence-electron chi connectivity index (χ0n) is 16.6. The fourth-order valence-corrected chi connectivity index (χ4v) is 6.24. The third-order valence-electron chi connectivity index (χ3n) is 5.74. The van der Waals surface area contributed by atoms with Crippen LogP contribution in [-0.4, -0.2) is 37.6 Å². The van der Waals surface area contributed by atoms with E-state index in [0.29, 0.717) is 11.8 Å². The molecule has 2 aromatic carbocycles. The highest BCUT2D eigenvalue weighted by atomic mass is 32.2. The number of benzene rings is 2. The van der Waals surface area contributed by atoms with Crippen molar-refractivity contribution in [3.05, 3.63) is 60.2 Å². The van der Waals surface area contributed by atoms with Crippen LogP contribution >= 0.6 is 23.5 Å². The lowest BCUT2D eigenvalue weighted by Gasteiger charge is -2.37. The number of para-hydroxylation sites is 1. The van der Waals surface area contributed by atoms with Crippen molar-refractivity contribution in [2.75, 3.05) is 16.4 Å². The van der Waals surface area contributed by atoms with Crippen LogP contribution in [0.1, 0.15) is 43.3 Å². The van der Waals surface area contributed by atoms with Crippen molar-refractivity contribution in [3.8, 4) is 0 Å². The van der Waals surface area contributed by atoms with Gasteiger partial charge in [-0.1, -0.05) is 67.1 Å². The predicted molar refractivity (Wildman–Crippen MR) is 120 cm³/mol. The van der Waals surface area contributed by atoms with Gasteiger partial charge in [0, 0.05) is 10.6 Å². The molecule has 3 aromatic rings. The van der Waals surface area contributed by atoms with Crippen LogP contribution in [-0.2, 0) is 4.79 Å². The molecule has 0 bridgehead atoms. The Morgan fingerprint density at radius 3 is 2.67 bits per heavy atom. The third-order valence-corrected chi connectivity index (χ3v) is 7.80. The summed E-state index contributed by atoms with van der Waals surface area (Å²) in [7, 11) is 0. The van der Waals surface area contributed by atoms with Crippen LogP contribution in [0.5, 0.6) is 0 Å². The Kier molecular flexibility index (Phi) is 5.77. The van der Waals surface area contributed by atoms with Crippen molar-refractivity contribution in [2.24, 2.45) is 0 Å². The molecule has 2 heterocycles. The summed E-state index contributed by atoms with van der Waals surface area (Å²) in [6.45, 7) is 0. The van der Waals surface area contributed by atoms with Crippen LogP contribution in [0.4, 0.5) is 5.69 Å². The maximum atomic E-state index is 13.5. The van der Waals surface area contributed by atoms with E-state index in [9.17, 15) is 4.79 Å². The van der Waals surface area contributed by atoms with Crippen molar-refractivity contribution in [1.29, 1.82) is 0 Å². The molecule has 5 rings (SSSR count). The Morgan fingerprint density at radius 2 is 1.83 bits per heavy atom. The SMILES string of the molecule is O=C(CSc1nnnn1C1CCCC1)N1c2ccccc2SC[C@@H]1c1ccccc1. The van der Waals surface area contributed by atoms with E-state index >= 15 is 0 Å². The minimum absolute atomic E-state index is 0.0185. The summed E-state index contributed by atoms with van der Waals surface area (Å²) in [6.07, 6.45) is 4.65. The van der Waals surface area contributed by atoms with E-state index in [4.69, 9.17) is 0 Å². The second-order valence-corrected chi connectivity index (χ2v) is 9.61. The lowest BCUT2D eigenvalue weighted by molar-refractivity contribution is -0.116. The van der Waals surface area contributed by atoms with Gasteiger partial charge in [0.2, 0.25) is 11.1 Å². The number of tetrazole rings is 1. The molecule has 1 fully saturated rings. The highest BCUT2D eigenvalue weighted by Crippen LogP contribution is 2.43. The topological polar surface area (TPSA) is 63.9 Å². The zero-order chi connectivity index (χ0) is 20.3. The molecule has 0 N–H and O–H groups in total. The first-order chi connectivity index (χ1) is 14.8. The summed E-state index contributed by atoms with van der Waals surface area (Å²) in [5.74, 6) is 1.25. The molecule has 6 nitrogen and oxygen atoms in total. The molecule has 1 atom stereocenters. The minimum Gasteiger partial charge on any atom is -0.302 e. The maximum Gasteiger partial charge on any atom is 0.238 e. The van der Waals surface area contributed by atoms with Gasteiger partial charge in [-0.25, -0.2) is 4.68 Å². The molecule has 0 saturated heterocycles. The van der Waals surface area contributed by atoms with Crippen molar-refractivity contribution in [2.45, 2.75) is 47.8 Å². The Labute approximate surface area is 184 Å². The van der Waals surface area contributed by atoms with Crippen molar-refractivity contribution in [3.63, 3.8) is 0 Å². The number of anilines is 1. The molecule has 1 saturated carbocycles. The normalized spacial score (nSPS) is 19.1. The Balaban J connectivity index is 1.39. The zero-order valence-corrected chi connectivity index (χ0v) is 18.2. The minimum atomic E-state index is 0.0185. The summed E-state index contributed by atoms with van der Waals surface area (Å²) in [5.41, 5.74) is 2.15. The molecular weight excluding hydrogens is 414 g/mol. The van der Waals surface area contributed by atoms with Gasteiger partial charge in [-0.15, -0.1) is 16.9 Å². The van der Waals surface area contributed by atoms with Crippen LogP contribution in [0.3, 0.4) is 0 Å². The first-order valence-corrected chi connectivity index (χ1v) is 12.3. The molecule has 1 aliphatic carbocycles. The van der Waals surface area contributed by atoms with E-state index in [1.807, 2.05) is 57.7 Å². The van der Waals surface area contributed by atoms with Crippen molar-refractivity contribution in [1.82, 2.24) is 20.2 Å². The second kappa shape index (κ2) is 8.81. The van der Waals surface area contributed by atoms with E-state index < -0.39 is 0 Å². The number of rotatable bonds is 5. The van der Waals surface area contributed by atoms with Crippen LogP contribution in [0.25, 0.3) is 0 Å². The van der Waals surface area contributed by atoms with Gasteiger partial charge in [-0.05, 0) is 41.0 Å². The van der Waals surface area contributed by atoms with Crippen molar-refractivity contribution >= 4 is 35.1 Å². The second-order valence-electron chi connectivity index (χ2n) is 7.60. The summed E-state index contributed by atoms with van der Waals surface area (Å²) in [6, 6.07) is 18.8. The van der Waals surface area contributed by atoms with Crippen LogP contribution in [0.15, 0.2) is 64.6 Å². The molecule has 0 spiro atoms. The van der Waals surface area contributed by atoms with Gasteiger partial charge >= 0.3 is 0 Å². The van der Waals surface area contributed by atoms with E-state index in [-0.39, 0.29) is 11.9 Å². The molecule has 8 heteroatoms. The number of carbonyl (C=O) groups excluding carboxylic acids is 1. The van der Waals surface area contributed by atoms with Gasteiger partial charge in [0.05, 0.1) is 23.5 Å². The molecule has 1 amide bonds. The number of amides is 1. The molecule has 0 unspecified atom stereocenters. The Morgan fingerprint density at radius 1 is 1.07 bits per heavy atom. The number of nitrogens with zero attached hydrogens (tertiary/aromatic N) is 5. The number of thioether (sulfide) groups is 2. The van der Waals surface area contributed by atoms with Gasteiger partial charge in [0.1, 0.15) is 0 Å². The molecule has 154 valence electrons. The van der Waals surface area contributed by atoms with E-state index in [0.717, 1.165) is 39.9 Å². The van der Waals surface area contributed by atoms with Gasteiger partial charge in [-0.3, -0.25) is 4.79 Å². The maximum absolute atomic E-state index is 13.5. The summed E-state index contributed by atoms with van der Waals surface area (Å²) in [5, 5.41) is 13.0. The molecular formula is C22H23N5OS2. The molecule has 30 heavy (non-hydrogen) atoms. The lowest BCUT2D eigenvalue weighted by Crippen LogP contribution is -2.39. The molecule has 1 aliphatic heterocycles. The fraction of sp³-hybridized carbons (Fsp3) is 0.364. The van der Waals surface area contributed by atoms with Crippen molar-refractivity contribution < 1.29 is 4.79 Å². The van der Waals surface area contributed by atoms with Gasteiger partial charge < -0.3 is 4.90 Å². The first kappa shape index (κ1) is 19.6. The highest BCUT2D eigenvalue weighted by molar-refractivity contribution is 8.00. The number of carbonyl (C=O) groups is 1. The average Bonchev–Trinajstić information content (AvgIpc) is 3.49. The number of fused-ring (bicyclic) bond motifs is 1. The van der Waals surface area contributed by atoms with Gasteiger partial charge in [0.25, 0.3) is 0 Å². The van der Waals surface area contributed by atoms with E-state index in [2.05, 4.69) is 33.7 Å². The Bertz CT molecular complexity index is 1020. The van der Waals surface area contributed by atoms with Crippen LogP contribution in [0, 0.1) is 0 Å². The van der Waals surface area contributed by atoms with E-state index in [1.165, 1.54) is 24.6 Å². The molecule has 0 radical (unpaired) electrons. The lowest BCUT2D eigenvalue weighted by atomic mass is 10.1. The summed E-state index contributed by atoms with van der Waals surface area (Å²) >= 11 is 3.25. The standard InChI is InChI=1S/C22H23N5OS2/c28-21(15-30-22-23-24-25-27(22)17-10-4-5-11-17)26-18-12-6-7-13-20(18)29-14-19(26)16-8-2-1-3-9-16/h1-3,6-9,12-13,17,19H,4-5,10-11,14-15H2/t19-/m1/s1. The average molecular weight is 438 g/mol. The highest BCUT2D eigenvalue weighted by Gasteiger charge is 2.33. The molecule has 1 aromatic heterocycles.